The van der Waals surface area contributed by atoms with Crippen LogP contribution < -0.4 is 21.7 Å². The molecule has 0 spiro atoms. The number of benzene rings is 2. The molecule has 0 aliphatic heterocycles. The van der Waals surface area contributed by atoms with Crippen LogP contribution in [0.15, 0.2) is 54.6 Å². The van der Waals surface area contributed by atoms with Gasteiger partial charge in [-0.1, -0.05) is 54.6 Å². The van der Waals surface area contributed by atoms with E-state index in [2.05, 4.69) is 16.0 Å². The number of aldehydes is 1. The van der Waals surface area contributed by atoms with Gasteiger partial charge in [-0.25, -0.2) is 0 Å². The molecule has 152 valence electrons. The van der Waals surface area contributed by atoms with Crippen LogP contribution in [0.3, 0.4) is 0 Å². The van der Waals surface area contributed by atoms with Gasteiger partial charge in [-0.3, -0.25) is 14.4 Å². The van der Waals surface area contributed by atoms with E-state index in [1.54, 1.807) is 0 Å². The number of amides is 3. The fraction of sp³-hybridized carbons (Fsp3) is 0.238. The van der Waals surface area contributed by atoms with Gasteiger partial charge in [0.2, 0.25) is 18.2 Å². The molecule has 29 heavy (non-hydrogen) atoms. The van der Waals surface area contributed by atoms with Crippen molar-refractivity contribution in [3.05, 3.63) is 60.2 Å². The van der Waals surface area contributed by atoms with Gasteiger partial charge >= 0.3 is 0 Å². The maximum Gasteiger partial charge on any atom is 0.243 e. The van der Waals surface area contributed by atoms with Crippen molar-refractivity contribution >= 4 is 24.5 Å². The molecule has 0 saturated heterocycles. The van der Waals surface area contributed by atoms with E-state index in [1.165, 1.54) is 0 Å². The molecule has 0 aliphatic carbocycles. The van der Waals surface area contributed by atoms with Crippen molar-refractivity contribution in [3.8, 4) is 11.1 Å². The van der Waals surface area contributed by atoms with E-state index in [9.17, 15) is 19.2 Å². The number of nitrogens with one attached hydrogen (secondary N) is 3. The van der Waals surface area contributed by atoms with Crippen LogP contribution in [0.1, 0.15) is 5.56 Å². The Morgan fingerprint density at radius 1 is 0.931 bits per heavy atom. The number of hydrogen-bond donors (Lipinski definition) is 4. The summed E-state index contributed by atoms with van der Waals surface area (Å²) in [7, 11) is 0. The number of rotatable bonds is 11. The Balaban J connectivity index is 2.12. The van der Waals surface area contributed by atoms with Gasteiger partial charge in [0.05, 0.1) is 12.6 Å². The average molecular weight is 396 g/mol. The second kappa shape index (κ2) is 11.4. The molecule has 8 nitrogen and oxygen atoms in total. The van der Waals surface area contributed by atoms with Gasteiger partial charge < -0.3 is 26.5 Å². The summed E-state index contributed by atoms with van der Waals surface area (Å²) in [5, 5.41) is 7.31. The largest absolute Gasteiger partial charge is 0.350 e. The molecule has 5 N–H and O–H groups in total. The summed E-state index contributed by atoms with van der Waals surface area (Å²) in [5.41, 5.74) is 8.36. The van der Waals surface area contributed by atoms with Crippen molar-refractivity contribution in [2.75, 3.05) is 13.1 Å². The summed E-state index contributed by atoms with van der Waals surface area (Å²) in [5.74, 6) is -1.05. The maximum absolute atomic E-state index is 12.5. The van der Waals surface area contributed by atoms with Crippen LogP contribution >= 0.6 is 0 Å². The molecule has 0 radical (unpaired) electrons. The van der Waals surface area contributed by atoms with E-state index in [-0.39, 0.29) is 19.5 Å². The van der Waals surface area contributed by atoms with Gasteiger partial charge in [0.25, 0.3) is 0 Å². The van der Waals surface area contributed by atoms with Crippen LogP contribution in [0.25, 0.3) is 11.1 Å². The number of carbonyl (C=O) groups excluding carboxylic acids is 4. The first-order chi connectivity index (χ1) is 14.1. The van der Waals surface area contributed by atoms with Crippen LogP contribution in [0.4, 0.5) is 0 Å². The van der Waals surface area contributed by atoms with Crippen LogP contribution in [-0.4, -0.2) is 49.7 Å². The molecule has 2 unspecified atom stereocenters. The smallest absolute Gasteiger partial charge is 0.243 e. The van der Waals surface area contributed by atoms with Crippen LogP contribution in [0.5, 0.6) is 0 Å². The van der Waals surface area contributed by atoms with Crippen LogP contribution in [0.2, 0.25) is 0 Å². The molecule has 2 aromatic rings. The highest BCUT2D eigenvalue weighted by Crippen LogP contribution is 2.19. The minimum absolute atomic E-state index is 0.0472. The zero-order valence-electron chi connectivity index (χ0n) is 15.8. The Bertz CT molecular complexity index is 824. The highest BCUT2D eigenvalue weighted by Gasteiger charge is 2.23. The minimum atomic E-state index is -0.924. The summed E-state index contributed by atoms with van der Waals surface area (Å²) < 4.78 is 0. The lowest BCUT2D eigenvalue weighted by Gasteiger charge is -2.20. The highest BCUT2D eigenvalue weighted by molar-refractivity contribution is 5.90. The standard InChI is InChI=1S/C21H24N4O4/c22-11-18(13-26)24-21(29)19(25-20(28)12-23-14-27)10-15-6-8-17(9-7-15)16-4-2-1-3-5-16/h1-9,13-14,18-19H,10-12,22H2,(H,23,27)(H,24,29)(H,25,28). The molecular weight excluding hydrogens is 372 g/mol. The first kappa shape index (κ1) is 21.8. The van der Waals surface area contributed by atoms with E-state index < -0.39 is 23.9 Å². The second-order valence-electron chi connectivity index (χ2n) is 6.37. The van der Waals surface area contributed by atoms with Gasteiger partial charge in [0, 0.05) is 13.0 Å². The quantitative estimate of drug-likeness (QED) is 0.390. The van der Waals surface area contributed by atoms with E-state index in [0.29, 0.717) is 12.7 Å². The third-order valence-electron chi connectivity index (χ3n) is 4.24. The monoisotopic (exact) mass is 396 g/mol. The Kier molecular flexibility index (Phi) is 8.52. The predicted molar refractivity (Wildman–Crippen MR) is 109 cm³/mol. The zero-order valence-corrected chi connectivity index (χ0v) is 15.8. The number of carbonyl (C=O) groups is 4. The fourth-order valence-corrected chi connectivity index (χ4v) is 2.72. The Morgan fingerprint density at radius 2 is 1.59 bits per heavy atom. The molecule has 0 heterocycles. The summed E-state index contributed by atoms with van der Waals surface area (Å²) in [6.07, 6.45) is 1.15. The molecule has 0 fully saturated rings. The topological polar surface area (TPSA) is 130 Å². The molecule has 3 amide bonds. The van der Waals surface area contributed by atoms with Crippen molar-refractivity contribution in [1.82, 2.24) is 16.0 Å². The van der Waals surface area contributed by atoms with Crippen LogP contribution in [-0.2, 0) is 25.6 Å². The molecular formula is C21H24N4O4. The molecule has 0 saturated carbocycles. The molecule has 2 atom stereocenters. The highest BCUT2D eigenvalue weighted by atomic mass is 16.2. The van der Waals surface area contributed by atoms with E-state index in [1.807, 2.05) is 54.6 Å². The van der Waals surface area contributed by atoms with Crippen LogP contribution in [0, 0.1) is 0 Å². The van der Waals surface area contributed by atoms with Crippen molar-refractivity contribution in [1.29, 1.82) is 0 Å². The van der Waals surface area contributed by atoms with Crippen molar-refractivity contribution < 1.29 is 19.2 Å². The molecule has 0 aliphatic rings. The molecule has 0 aromatic heterocycles. The molecule has 2 aromatic carbocycles. The lowest BCUT2D eigenvalue weighted by Crippen LogP contribution is -2.53. The molecule has 8 heteroatoms. The number of hydrogen-bond acceptors (Lipinski definition) is 5. The molecule has 0 bridgehead atoms. The summed E-state index contributed by atoms with van der Waals surface area (Å²) in [6.45, 7) is -0.303. The van der Waals surface area contributed by atoms with Gasteiger partial charge in [0.15, 0.2) is 0 Å². The first-order valence-corrected chi connectivity index (χ1v) is 9.14. The Hall–Kier alpha value is -3.52. The van der Waals surface area contributed by atoms with E-state index in [4.69, 9.17) is 5.73 Å². The second-order valence-corrected chi connectivity index (χ2v) is 6.37. The third-order valence-corrected chi connectivity index (χ3v) is 4.24. The summed E-state index contributed by atoms with van der Waals surface area (Å²) >= 11 is 0. The van der Waals surface area contributed by atoms with Gasteiger partial charge in [0.1, 0.15) is 12.3 Å². The van der Waals surface area contributed by atoms with E-state index in [0.717, 1.165) is 16.7 Å². The maximum atomic E-state index is 12.5. The van der Waals surface area contributed by atoms with Gasteiger partial charge in [-0.05, 0) is 16.7 Å². The molecule has 2 rings (SSSR count). The summed E-state index contributed by atoms with van der Waals surface area (Å²) in [4.78, 5) is 45.8. The zero-order chi connectivity index (χ0) is 21.1. The Labute approximate surface area is 168 Å². The van der Waals surface area contributed by atoms with E-state index >= 15 is 0 Å². The first-order valence-electron chi connectivity index (χ1n) is 9.14. The summed E-state index contributed by atoms with van der Waals surface area (Å²) in [6, 6.07) is 15.7. The SMILES string of the molecule is NCC(C=O)NC(=O)C(Cc1ccc(-c2ccccc2)cc1)NC(=O)CNC=O. The normalized spacial score (nSPS) is 12.3. The predicted octanol–water partition coefficient (Wildman–Crippen LogP) is -0.231. The average Bonchev–Trinajstić information content (AvgIpc) is 2.76. The lowest BCUT2D eigenvalue weighted by atomic mass is 10.00. The lowest BCUT2D eigenvalue weighted by molar-refractivity contribution is -0.130. The van der Waals surface area contributed by atoms with Gasteiger partial charge in [-0.2, -0.15) is 0 Å². The third kappa shape index (κ3) is 6.86. The van der Waals surface area contributed by atoms with Gasteiger partial charge in [-0.15, -0.1) is 0 Å². The fourth-order valence-electron chi connectivity index (χ4n) is 2.72. The minimum Gasteiger partial charge on any atom is -0.350 e. The van der Waals surface area contributed by atoms with Crippen molar-refractivity contribution in [3.63, 3.8) is 0 Å². The Morgan fingerprint density at radius 3 is 2.17 bits per heavy atom. The van der Waals surface area contributed by atoms with Crippen molar-refractivity contribution in [2.24, 2.45) is 5.73 Å². The number of nitrogens with two attached hydrogens (primary N) is 1. The van der Waals surface area contributed by atoms with Crippen molar-refractivity contribution in [2.45, 2.75) is 18.5 Å².